The van der Waals surface area contributed by atoms with Crippen LogP contribution in [0.4, 0.5) is 0 Å². The Kier molecular flexibility index (Phi) is 3.30. The minimum absolute atomic E-state index is 0.414. The molecule has 3 nitrogen and oxygen atoms in total. The van der Waals surface area contributed by atoms with Gasteiger partial charge in [-0.3, -0.25) is 0 Å². The SMILES string of the molecule is CCc1nc(-c2occc2C)nc(Cl)c1Br. The Labute approximate surface area is 107 Å². The largest absolute Gasteiger partial charge is 0.461 e. The average Bonchev–Trinajstić information content (AvgIpc) is 2.68. The summed E-state index contributed by atoms with van der Waals surface area (Å²) in [6, 6.07) is 1.88. The van der Waals surface area contributed by atoms with Gasteiger partial charge in [-0.05, 0) is 40.9 Å². The van der Waals surface area contributed by atoms with Gasteiger partial charge in [0.1, 0.15) is 5.15 Å². The monoisotopic (exact) mass is 300 g/mol. The highest BCUT2D eigenvalue weighted by molar-refractivity contribution is 9.10. The summed E-state index contributed by atoms with van der Waals surface area (Å²) < 4.78 is 6.10. The van der Waals surface area contributed by atoms with Crippen LogP contribution < -0.4 is 0 Å². The number of halogens is 2. The fourth-order valence-corrected chi connectivity index (χ4v) is 2.05. The molecule has 0 fully saturated rings. The zero-order chi connectivity index (χ0) is 11.7. The molecule has 2 aromatic rings. The summed E-state index contributed by atoms with van der Waals surface area (Å²) >= 11 is 9.40. The molecule has 0 spiro atoms. The highest BCUT2D eigenvalue weighted by Gasteiger charge is 2.14. The third kappa shape index (κ3) is 1.99. The maximum Gasteiger partial charge on any atom is 0.197 e. The lowest BCUT2D eigenvalue weighted by Gasteiger charge is -2.05. The molecular formula is C11H10BrClN2O. The average molecular weight is 302 g/mol. The number of hydrogen-bond donors (Lipinski definition) is 0. The fourth-order valence-electron chi connectivity index (χ4n) is 1.40. The predicted molar refractivity (Wildman–Crippen MR) is 66.6 cm³/mol. The van der Waals surface area contributed by atoms with Crippen LogP contribution >= 0.6 is 27.5 Å². The molecule has 0 bridgehead atoms. The van der Waals surface area contributed by atoms with E-state index in [9.17, 15) is 0 Å². The highest BCUT2D eigenvalue weighted by Crippen LogP contribution is 2.28. The van der Waals surface area contributed by atoms with Gasteiger partial charge in [-0.25, -0.2) is 9.97 Å². The van der Waals surface area contributed by atoms with Gasteiger partial charge in [-0.1, -0.05) is 18.5 Å². The van der Waals surface area contributed by atoms with E-state index in [4.69, 9.17) is 16.0 Å². The standard InChI is InChI=1S/C11H10BrClN2O/c1-3-7-8(12)10(13)15-11(14-7)9-6(2)4-5-16-9/h4-5H,3H2,1-2H3. The number of rotatable bonds is 2. The van der Waals surface area contributed by atoms with E-state index >= 15 is 0 Å². The molecule has 5 heteroatoms. The van der Waals surface area contributed by atoms with E-state index in [0.717, 1.165) is 22.2 Å². The highest BCUT2D eigenvalue weighted by atomic mass is 79.9. The maximum atomic E-state index is 6.03. The first-order chi connectivity index (χ1) is 7.63. The summed E-state index contributed by atoms with van der Waals surface area (Å²) in [5, 5.41) is 0.414. The van der Waals surface area contributed by atoms with Crippen molar-refractivity contribution in [1.82, 2.24) is 9.97 Å². The molecule has 16 heavy (non-hydrogen) atoms. The molecule has 0 N–H and O–H groups in total. The molecular weight excluding hydrogens is 291 g/mol. The van der Waals surface area contributed by atoms with Crippen LogP contribution in [-0.2, 0) is 6.42 Å². The van der Waals surface area contributed by atoms with Gasteiger partial charge in [0.15, 0.2) is 11.6 Å². The molecule has 0 unspecified atom stereocenters. The molecule has 0 aliphatic rings. The van der Waals surface area contributed by atoms with E-state index < -0.39 is 0 Å². The topological polar surface area (TPSA) is 38.9 Å². The Hall–Kier alpha value is -0.870. The van der Waals surface area contributed by atoms with Crippen molar-refractivity contribution in [3.8, 4) is 11.6 Å². The van der Waals surface area contributed by atoms with Crippen LogP contribution in [0.15, 0.2) is 21.2 Å². The van der Waals surface area contributed by atoms with Crippen LogP contribution in [0.1, 0.15) is 18.2 Å². The van der Waals surface area contributed by atoms with Crippen molar-refractivity contribution in [2.75, 3.05) is 0 Å². The van der Waals surface area contributed by atoms with Gasteiger partial charge < -0.3 is 4.42 Å². The van der Waals surface area contributed by atoms with Crippen LogP contribution in [0.25, 0.3) is 11.6 Å². The Bertz CT molecular complexity index is 525. The quantitative estimate of drug-likeness (QED) is 0.786. The summed E-state index contributed by atoms with van der Waals surface area (Å²) in [5.74, 6) is 1.21. The minimum atomic E-state index is 0.414. The Morgan fingerprint density at radius 3 is 2.75 bits per heavy atom. The molecule has 0 saturated carbocycles. The Morgan fingerprint density at radius 2 is 2.19 bits per heavy atom. The van der Waals surface area contributed by atoms with Crippen molar-refractivity contribution in [1.29, 1.82) is 0 Å². The number of hydrogen-bond acceptors (Lipinski definition) is 3. The molecule has 0 radical (unpaired) electrons. The molecule has 2 heterocycles. The van der Waals surface area contributed by atoms with Crippen LogP contribution in [0.5, 0.6) is 0 Å². The van der Waals surface area contributed by atoms with Crippen molar-refractivity contribution in [2.24, 2.45) is 0 Å². The summed E-state index contributed by atoms with van der Waals surface area (Å²) in [5.41, 5.74) is 1.88. The van der Waals surface area contributed by atoms with E-state index in [-0.39, 0.29) is 0 Å². The van der Waals surface area contributed by atoms with Gasteiger partial charge in [-0.2, -0.15) is 0 Å². The van der Waals surface area contributed by atoms with Crippen LogP contribution in [0, 0.1) is 6.92 Å². The number of aryl methyl sites for hydroxylation is 2. The molecule has 0 aliphatic heterocycles. The van der Waals surface area contributed by atoms with Gasteiger partial charge in [0, 0.05) is 0 Å². The third-order valence-electron chi connectivity index (χ3n) is 2.28. The van der Waals surface area contributed by atoms with Crippen LogP contribution in [0.3, 0.4) is 0 Å². The molecule has 0 saturated heterocycles. The molecule has 0 aliphatic carbocycles. The summed E-state index contributed by atoms with van der Waals surface area (Å²) in [7, 11) is 0. The summed E-state index contributed by atoms with van der Waals surface area (Å²) in [6.45, 7) is 3.96. The van der Waals surface area contributed by atoms with Gasteiger partial charge in [0.2, 0.25) is 0 Å². The van der Waals surface area contributed by atoms with Crippen LogP contribution in [-0.4, -0.2) is 9.97 Å². The molecule has 2 rings (SSSR count). The van der Waals surface area contributed by atoms with E-state index in [2.05, 4.69) is 25.9 Å². The van der Waals surface area contributed by atoms with Crippen LogP contribution in [0.2, 0.25) is 5.15 Å². The fraction of sp³-hybridized carbons (Fsp3) is 0.273. The second-order valence-electron chi connectivity index (χ2n) is 3.38. The lowest BCUT2D eigenvalue weighted by molar-refractivity contribution is 0.575. The molecule has 84 valence electrons. The second kappa shape index (κ2) is 4.55. The number of furan rings is 1. The van der Waals surface area contributed by atoms with Crippen molar-refractivity contribution < 1.29 is 4.42 Å². The van der Waals surface area contributed by atoms with Gasteiger partial charge in [-0.15, -0.1) is 0 Å². The lowest BCUT2D eigenvalue weighted by Crippen LogP contribution is -1.97. The van der Waals surface area contributed by atoms with E-state index in [1.165, 1.54) is 0 Å². The first-order valence-electron chi connectivity index (χ1n) is 4.89. The maximum absolute atomic E-state index is 6.03. The van der Waals surface area contributed by atoms with E-state index in [1.54, 1.807) is 6.26 Å². The van der Waals surface area contributed by atoms with Crippen molar-refractivity contribution >= 4 is 27.5 Å². The number of aromatic nitrogens is 2. The third-order valence-corrected chi connectivity index (χ3v) is 3.61. The van der Waals surface area contributed by atoms with Crippen molar-refractivity contribution in [2.45, 2.75) is 20.3 Å². The van der Waals surface area contributed by atoms with E-state index in [0.29, 0.717) is 16.7 Å². The lowest BCUT2D eigenvalue weighted by atomic mass is 10.2. The van der Waals surface area contributed by atoms with E-state index in [1.807, 2.05) is 19.9 Å². The molecule has 0 amide bonds. The first-order valence-corrected chi connectivity index (χ1v) is 6.07. The summed E-state index contributed by atoms with van der Waals surface area (Å²) in [6.07, 6.45) is 2.41. The van der Waals surface area contributed by atoms with Crippen molar-refractivity contribution in [3.05, 3.63) is 33.2 Å². The van der Waals surface area contributed by atoms with Crippen molar-refractivity contribution in [3.63, 3.8) is 0 Å². The zero-order valence-electron chi connectivity index (χ0n) is 8.92. The van der Waals surface area contributed by atoms with Gasteiger partial charge in [0.05, 0.1) is 16.4 Å². The second-order valence-corrected chi connectivity index (χ2v) is 4.54. The normalized spacial score (nSPS) is 10.8. The first kappa shape index (κ1) is 11.6. The molecule has 2 aromatic heterocycles. The molecule has 0 atom stereocenters. The number of nitrogens with zero attached hydrogens (tertiary/aromatic N) is 2. The van der Waals surface area contributed by atoms with Gasteiger partial charge >= 0.3 is 0 Å². The van der Waals surface area contributed by atoms with Gasteiger partial charge in [0.25, 0.3) is 0 Å². The Balaban J connectivity index is 2.59. The minimum Gasteiger partial charge on any atom is -0.461 e. The molecule has 0 aromatic carbocycles. The smallest absolute Gasteiger partial charge is 0.197 e. The predicted octanol–water partition coefficient (Wildman–Crippen LogP) is 4.02. The summed E-state index contributed by atoms with van der Waals surface area (Å²) in [4.78, 5) is 8.62. The zero-order valence-corrected chi connectivity index (χ0v) is 11.3. The Morgan fingerprint density at radius 1 is 1.44 bits per heavy atom.